The summed E-state index contributed by atoms with van der Waals surface area (Å²) in [6.45, 7) is 2.43. The molecule has 0 saturated carbocycles. The van der Waals surface area contributed by atoms with Gasteiger partial charge < -0.3 is 9.84 Å². The second-order valence-electron chi connectivity index (χ2n) is 6.60. The molecule has 1 amide bonds. The van der Waals surface area contributed by atoms with Gasteiger partial charge >= 0.3 is 0 Å². The normalized spacial score (nSPS) is 10.9. The predicted octanol–water partition coefficient (Wildman–Crippen LogP) is 4.04. The van der Waals surface area contributed by atoms with Crippen LogP contribution in [-0.2, 0) is 11.2 Å². The van der Waals surface area contributed by atoms with Crippen LogP contribution < -0.4 is 5.32 Å². The first-order valence-corrected chi connectivity index (χ1v) is 9.38. The minimum atomic E-state index is 0.0612. The summed E-state index contributed by atoms with van der Waals surface area (Å²) < 4.78 is 5.06. The van der Waals surface area contributed by atoms with Crippen molar-refractivity contribution in [2.24, 2.45) is 0 Å². The van der Waals surface area contributed by atoms with E-state index in [9.17, 15) is 4.79 Å². The SMILES string of the molecule is Cc1noc(CCCC(=O)NCCC(c2ccccc2)c2ccccc2)n1. The minimum absolute atomic E-state index is 0.0612. The van der Waals surface area contributed by atoms with Crippen LogP contribution in [0.1, 0.15) is 48.0 Å². The number of rotatable bonds is 9. The van der Waals surface area contributed by atoms with Crippen molar-refractivity contribution in [3.63, 3.8) is 0 Å². The van der Waals surface area contributed by atoms with Crippen molar-refractivity contribution in [2.75, 3.05) is 6.54 Å². The van der Waals surface area contributed by atoms with E-state index in [1.54, 1.807) is 6.92 Å². The van der Waals surface area contributed by atoms with Crippen LogP contribution in [0.25, 0.3) is 0 Å². The number of carbonyl (C=O) groups is 1. The number of aryl methyl sites for hydroxylation is 2. The highest BCUT2D eigenvalue weighted by Crippen LogP contribution is 2.27. The highest BCUT2D eigenvalue weighted by molar-refractivity contribution is 5.75. The van der Waals surface area contributed by atoms with E-state index < -0.39 is 0 Å². The largest absolute Gasteiger partial charge is 0.356 e. The first kappa shape index (κ1) is 18.8. The molecule has 0 radical (unpaired) electrons. The maximum atomic E-state index is 12.1. The standard InChI is InChI=1S/C22H25N3O2/c1-17-24-22(27-25-17)14-8-13-21(26)23-16-15-20(18-9-4-2-5-10-18)19-11-6-3-7-12-19/h2-7,9-12,20H,8,13-16H2,1H3,(H,23,26). The third kappa shape index (κ3) is 5.78. The molecule has 140 valence electrons. The van der Waals surface area contributed by atoms with Crippen LogP contribution in [0.3, 0.4) is 0 Å². The Labute approximate surface area is 159 Å². The van der Waals surface area contributed by atoms with E-state index in [0.717, 1.165) is 6.42 Å². The van der Waals surface area contributed by atoms with Gasteiger partial charge in [-0.3, -0.25) is 4.79 Å². The summed E-state index contributed by atoms with van der Waals surface area (Å²) >= 11 is 0. The third-order valence-electron chi connectivity index (χ3n) is 4.52. The molecule has 0 saturated heterocycles. The van der Waals surface area contributed by atoms with Crippen molar-refractivity contribution in [1.82, 2.24) is 15.5 Å². The van der Waals surface area contributed by atoms with Crippen LogP contribution in [0.4, 0.5) is 0 Å². The Morgan fingerprint density at radius 2 is 1.67 bits per heavy atom. The summed E-state index contributed by atoms with van der Waals surface area (Å²) in [6, 6.07) is 20.9. The van der Waals surface area contributed by atoms with E-state index in [-0.39, 0.29) is 11.8 Å². The van der Waals surface area contributed by atoms with E-state index in [0.29, 0.717) is 37.5 Å². The molecule has 0 aliphatic heterocycles. The molecule has 27 heavy (non-hydrogen) atoms. The summed E-state index contributed by atoms with van der Waals surface area (Å²) in [7, 11) is 0. The Morgan fingerprint density at radius 1 is 1.04 bits per heavy atom. The molecule has 0 spiro atoms. The second kappa shape index (κ2) is 9.67. The zero-order valence-electron chi connectivity index (χ0n) is 15.6. The van der Waals surface area contributed by atoms with Gasteiger partial charge in [0.1, 0.15) is 0 Å². The van der Waals surface area contributed by atoms with Crippen LogP contribution in [0.2, 0.25) is 0 Å². The van der Waals surface area contributed by atoms with E-state index >= 15 is 0 Å². The number of carbonyl (C=O) groups excluding carboxylic acids is 1. The van der Waals surface area contributed by atoms with E-state index in [1.807, 2.05) is 12.1 Å². The summed E-state index contributed by atoms with van der Waals surface area (Å²) in [5, 5.41) is 6.79. The molecule has 3 aromatic rings. The molecule has 1 N–H and O–H groups in total. The first-order chi connectivity index (χ1) is 13.2. The first-order valence-electron chi connectivity index (χ1n) is 9.38. The van der Waals surface area contributed by atoms with Crippen molar-refractivity contribution in [2.45, 2.75) is 38.5 Å². The molecule has 5 heteroatoms. The lowest BCUT2D eigenvalue weighted by Gasteiger charge is -2.18. The van der Waals surface area contributed by atoms with Crippen molar-refractivity contribution in [3.05, 3.63) is 83.5 Å². The summed E-state index contributed by atoms with van der Waals surface area (Å²) in [6.07, 6.45) is 2.66. The lowest BCUT2D eigenvalue weighted by atomic mass is 9.88. The van der Waals surface area contributed by atoms with Crippen molar-refractivity contribution in [3.8, 4) is 0 Å². The molecule has 2 aromatic carbocycles. The van der Waals surface area contributed by atoms with Gasteiger partial charge in [0, 0.05) is 25.3 Å². The van der Waals surface area contributed by atoms with Crippen molar-refractivity contribution in [1.29, 1.82) is 0 Å². The molecule has 1 aromatic heterocycles. The van der Waals surface area contributed by atoms with Gasteiger partial charge in [0.15, 0.2) is 5.82 Å². The number of benzene rings is 2. The fourth-order valence-electron chi connectivity index (χ4n) is 3.18. The molecule has 3 rings (SSSR count). The molecule has 5 nitrogen and oxygen atoms in total. The van der Waals surface area contributed by atoms with Crippen LogP contribution in [0.15, 0.2) is 65.2 Å². The van der Waals surface area contributed by atoms with E-state index in [2.05, 4.69) is 64.0 Å². The van der Waals surface area contributed by atoms with Crippen LogP contribution in [0, 0.1) is 6.92 Å². The van der Waals surface area contributed by atoms with Gasteiger partial charge in [0.2, 0.25) is 11.8 Å². The minimum Gasteiger partial charge on any atom is -0.356 e. The zero-order valence-corrected chi connectivity index (χ0v) is 15.6. The summed E-state index contributed by atoms with van der Waals surface area (Å²) in [5.74, 6) is 1.55. The van der Waals surface area contributed by atoms with Crippen LogP contribution in [0.5, 0.6) is 0 Å². The van der Waals surface area contributed by atoms with E-state index in [1.165, 1.54) is 11.1 Å². The Balaban J connectivity index is 1.48. The number of nitrogens with zero attached hydrogens (tertiary/aromatic N) is 2. The number of amides is 1. The fourth-order valence-corrected chi connectivity index (χ4v) is 3.18. The highest BCUT2D eigenvalue weighted by atomic mass is 16.5. The highest BCUT2D eigenvalue weighted by Gasteiger charge is 2.14. The van der Waals surface area contributed by atoms with Crippen LogP contribution >= 0.6 is 0 Å². The molecule has 0 fully saturated rings. The Bertz CT molecular complexity index is 792. The lowest BCUT2D eigenvalue weighted by molar-refractivity contribution is -0.121. The fraction of sp³-hybridized carbons (Fsp3) is 0.318. The Kier molecular flexibility index (Phi) is 6.74. The monoisotopic (exact) mass is 363 g/mol. The van der Waals surface area contributed by atoms with Gasteiger partial charge in [-0.05, 0) is 30.9 Å². The molecule has 0 bridgehead atoms. The maximum Gasteiger partial charge on any atom is 0.226 e. The predicted molar refractivity (Wildman–Crippen MR) is 104 cm³/mol. The molecular weight excluding hydrogens is 338 g/mol. The molecule has 0 aliphatic rings. The molecule has 0 unspecified atom stereocenters. The molecule has 1 heterocycles. The van der Waals surface area contributed by atoms with Crippen molar-refractivity contribution < 1.29 is 9.32 Å². The molecule has 0 atom stereocenters. The number of aromatic nitrogens is 2. The van der Waals surface area contributed by atoms with Gasteiger partial charge in [-0.25, -0.2) is 0 Å². The van der Waals surface area contributed by atoms with Gasteiger partial charge in [-0.2, -0.15) is 4.98 Å². The smallest absolute Gasteiger partial charge is 0.226 e. The van der Waals surface area contributed by atoms with Gasteiger partial charge in [-0.1, -0.05) is 65.8 Å². The average Bonchev–Trinajstić information content (AvgIpc) is 3.12. The summed E-state index contributed by atoms with van der Waals surface area (Å²) in [4.78, 5) is 16.3. The third-order valence-corrected chi connectivity index (χ3v) is 4.52. The van der Waals surface area contributed by atoms with Gasteiger partial charge in [-0.15, -0.1) is 0 Å². The quantitative estimate of drug-likeness (QED) is 0.623. The maximum absolute atomic E-state index is 12.1. The second-order valence-corrected chi connectivity index (χ2v) is 6.60. The number of hydrogen-bond acceptors (Lipinski definition) is 4. The Morgan fingerprint density at radius 3 is 2.22 bits per heavy atom. The number of nitrogens with one attached hydrogen (secondary N) is 1. The number of hydrogen-bond donors (Lipinski definition) is 1. The van der Waals surface area contributed by atoms with Crippen molar-refractivity contribution >= 4 is 5.91 Å². The topological polar surface area (TPSA) is 68.0 Å². The molecular formula is C22H25N3O2. The van der Waals surface area contributed by atoms with Crippen LogP contribution in [-0.4, -0.2) is 22.6 Å². The van der Waals surface area contributed by atoms with E-state index in [4.69, 9.17) is 4.52 Å². The van der Waals surface area contributed by atoms with Gasteiger partial charge in [0.25, 0.3) is 0 Å². The molecule has 0 aliphatic carbocycles. The zero-order chi connectivity index (χ0) is 18.9. The van der Waals surface area contributed by atoms with Gasteiger partial charge in [0.05, 0.1) is 0 Å². The average molecular weight is 363 g/mol. The Hall–Kier alpha value is -2.95. The summed E-state index contributed by atoms with van der Waals surface area (Å²) in [5.41, 5.74) is 2.54. The lowest BCUT2D eigenvalue weighted by Crippen LogP contribution is -2.25.